The number of benzene rings is 1. The van der Waals surface area contributed by atoms with E-state index in [-0.39, 0.29) is 17.5 Å². The Hall–Kier alpha value is -2.70. The van der Waals surface area contributed by atoms with Gasteiger partial charge >= 0.3 is 0 Å². The van der Waals surface area contributed by atoms with Crippen LogP contribution in [0.15, 0.2) is 24.4 Å². The van der Waals surface area contributed by atoms with Crippen LogP contribution in [0.4, 0.5) is 10.1 Å². The van der Waals surface area contributed by atoms with Crippen molar-refractivity contribution in [3.8, 4) is 0 Å². The van der Waals surface area contributed by atoms with Gasteiger partial charge in [0.15, 0.2) is 0 Å². The Morgan fingerprint density at radius 2 is 2.21 bits per heavy atom. The van der Waals surface area contributed by atoms with Gasteiger partial charge in [0.2, 0.25) is 5.91 Å². The number of nitrogens with zero attached hydrogens (tertiary/aromatic N) is 2. The van der Waals surface area contributed by atoms with Gasteiger partial charge < -0.3 is 10.2 Å². The van der Waals surface area contributed by atoms with Crippen molar-refractivity contribution >= 4 is 17.5 Å². The summed E-state index contributed by atoms with van der Waals surface area (Å²) in [6, 6.07) is 4.00. The van der Waals surface area contributed by atoms with Gasteiger partial charge in [-0.25, -0.2) is 4.39 Å². The number of carbonyl (C=O) groups is 2. The van der Waals surface area contributed by atoms with Gasteiger partial charge in [0, 0.05) is 12.2 Å². The number of aryl methyl sites for hydroxylation is 2. The molecule has 24 heavy (non-hydrogen) atoms. The predicted octanol–water partition coefficient (Wildman–Crippen LogP) is 2.09. The Labute approximate surface area is 139 Å². The van der Waals surface area contributed by atoms with Gasteiger partial charge in [-0.3, -0.25) is 14.7 Å². The Bertz CT molecular complexity index is 787. The normalized spacial score (nSPS) is 17.9. The second-order valence-electron chi connectivity index (χ2n) is 6.02. The minimum Gasteiger partial charge on any atom is -0.340 e. The van der Waals surface area contributed by atoms with Crippen molar-refractivity contribution < 1.29 is 14.0 Å². The molecule has 1 aromatic heterocycles. The molecule has 0 bridgehead atoms. The van der Waals surface area contributed by atoms with Gasteiger partial charge in [-0.05, 0) is 44.4 Å². The third-order valence-corrected chi connectivity index (χ3v) is 4.21. The lowest BCUT2D eigenvalue weighted by Gasteiger charge is -2.33. The number of hydrogen-bond acceptors (Lipinski definition) is 3. The largest absolute Gasteiger partial charge is 0.340 e. The first-order chi connectivity index (χ1) is 11.5. The average molecular weight is 330 g/mol. The molecule has 1 aliphatic rings. The molecule has 1 aromatic carbocycles. The first-order valence-electron chi connectivity index (χ1n) is 7.85. The zero-order chi connectivity index (χ0) is 17.3. The molecule has 2 aromatic rings. The molecule has 0 radical (unpaired) electrons. The van der Waals surface area contributed by atoms with Crippen LogP contribution in [-0.4, -0.2) is 34.6 Å². The SMILES string of the molecule is Cc1ccc(F)c(N2CCC[C@@H](NC(=O)c3cn[nH]c3C)C2=O)c1. The second-order valence-corrected chi connectivity index (χ2v) is 6.02. The highest BCUT2D eigenvalue weighted by Gasteiger charge is 2.32. The topological polar surface area (TPSA) is 78.1 Å². The summed E-state index contributed by atoms with van der Waals surface area (Å²) >= 11 is 0. The molecule has 1 atom stereocenters. The van der Waals surface area contributed by atoms with E-state index >= 15 is 0 Å². The van der Waals surface area contributed by atoms with Gasteiger partial charge in [0.1, 0.15) is 11.9 Å². The van der Waals surface area contributed by atoms with E-state index in [1.54, 1.807) is 19.1 Å². The summed E-state index contributed by atoms with van der Waals surface area (Å²) in [6.07, 6.45) is 2.65. The van der Waals surface area contributed by atoms with Crippen molar-refractivity contribution in [1.82, 2.24) is 15.5 Å². The third kappa shape index (κ3) is 3.02. The van der Waals surface area contributed by atoms with Gasteiger partial charge in [0.05, 0.1) is 17.4 Å². The number of rotatable bonds is 3. The van der Waals surface area contributed by atoms with E-state index in [9.17, 15) is 14.0 Å². The maximum Gasteiger partial charge on any atom is 0.255 e. The summed E-state index contributed by atoms with van der Waals surface area (Å²) in [5.74, 6) is -1.09. The smallest absolute Gasteiger partial charge is 0.255 e. The van der Waals surface area contributed by atoms with E-state index in [1.165, 1.54) is 17.2 Å². The number of hydrogen-bond donors (Lipinski definition) is 2. The molecule has 3 rings (SSSR count). The van der Waals surface area contributed by atoms with Crippen LogP contribution < -0.4 is 10.2 Å². The van der Waals surface area contributed by atoms with Crippen molar-refractivity contribution in [2.75, 3.05) is 11.4 Å². The molecule has 0 spiro atoms. The fourth-order valence-electron chi connectivity index (χ4n) is 2.89. The number of aromatic nitrogens is 2. The van der Waals surface area contributed by atoms with Crippen LogP contribution in [-0.2, 0) is 4.79 Å². The molecule has 1 aliphatic heterocycles. The molecular weight excluding hydrogens is 311 g/mol. The molecule has 1 saturated heterocycles. The summed E-state index contributed by atoms with van der Waals surface area (Å²) in [5.41, 5.74) is 2.18. The zero-order valence-corrected chi connectivity index (χ0v) is 13.6. The predicted molar refractivity (Wildman–Crippen MR) is 87.3 cm³/mol. The van der Waals surface area contributed by atoms with E-state index in [0.29, 0.717) is 30.6 Å². The fourth-order valence-corrected chi connectivity index (χ4v) is 2.89. The zero-order valence-electron chi connectivity index (χ0n) is 13.6. The fraction of sp³-hybridized carbons (Fsp3) is 0.353. The first kappa shape index (κ1) is 16.2. The van der Waals surface area contributed by atoms with Crippen molar-refractivity contribution in [2.45, 2.75) is 32.7 Å². The van der Waals surface area contributed by atoms with E-state index < -0.39 is 11.9 Å². The number of amides is 2. The maximum absolute atomic E-state index is 14.1. The molecule has 126 valence electrons. The van der Waals surface area contributed by atoms with Crippen molar-refractivity contribution in [2.24, 2.45) is 0 Å². The molecule has 0 unspecified atom stereocenters. The van der Waals surface area contributed by atoms with Gasteiger partial charge in [-0.2, -0.15) is 5.10 Å². The van der Waals surface area contributed by atoms with E-state index in [0.717, 1.165) is 5.56 Å². The van der Waals surface area contributed by atoms with Crippen molar-refractivity contribution in [1.29, 1.82) is 0 Å². The van der Waals surface area contributed by atoms with Crippen LogP contribution in [0.3, 0.4) is 0 Å². The number of nitrogens with one attached hydrogen (secondary N) is 2. The molecule has 6 nitrogen and oxygen atoms in total. The number of H-pyrrole nitrogens is 1. The van der Waals surface area contributed by atoms with Crippen LogP contribution >= 0.6 is 0 Å². The van der Waals surface area contributed by atoms with Crippen molar-refractivity contribution in [3.05, 3.63) is 47.0 Å². The Kier molecular flexibility index (Phi) is 4.33. The van der Waals surface area contributed by atoms with Gasteiger partial charge in [-0.15, -0.1) is 0 Å². The molecule has 2 N–H and O–H groups in total. The minimum absolute atomic E-state index is 0.262. The molecule has 7 heteroatoms. The monoisotopic (exact) mass is 330 g/mol. The standard InChI is InChI=1S/C17H19FN4O2/c1-10-5-6-13(18)15(8-10)22-7-3-4-14(17(22)24)20-16(23)12-9-19-21-11(12)2/h5-6,8-9,14H,3-4,7H2,1-2H3,(H,19,21)(H,20,23)/t14-/m1/s1. The Balaban J connectivity index is 1.79. The van der Waals surface area contributed by atoms with Crippen LogP contribution in [0, 0.1) is 19.7 Å². The highest BCUT2D eigenvalue weighted by molar-refractivity contribution is 6.03. The number of aromatic amines is 1. The summed E-state index contributed by atoms with van der Waals surface area (Å²) in [4.78, 5) is 26.4. The second kappa shape index (κ2) is 6.43. The Morgan fingerprint density at radius 1 is 1.42 bits per heavy atom. The number of carbonyl (C=O) groups excluding carboxylic acids is 2. The minimum atomic E-state index is -0.666. The molecule has 0 saturated carbocycles. The van der Waals surface area contributed by atoms with E-state index in [4.69, 9.17) is 0 Å². The first-order valence-corrected chi connectivity index (χ1v) is 7.85. The summed E-state index contributed by atoms with van der Waals surface area (Å²) < 4.78 is 14.1. The van der Waals surface area contributed by atoms with E-state index in [1.807, 2.05) is 6.92 Å². The number of anilines is 1. The average Bonchev–Trinajstić information content (AvgIpc) is 2.98. The van der Waals surface area contributed by atoms with Crippen LogP contribution in [0.1, 0.15) is 34.5 Å². The summed E-state index contributed by atoms with van der Waals surface area (Å²) in [6.45, 7) is 4.02. The molecule has 0 aliphatic carbocycles. The summed E-state index contributed by atoms with van der Waals surface area (Å²) in [7, 11) is 0. The number of halogens is 1. The third-order valence-electron chi connectivity index (χ3n) is 4.21. The van der Waals surface area contributed by atoms with Crippen LogP contribution in [0.5, 0.6) is 0 Å². The van der Waals surface area contributed by atoms with Crippen LogP contribution in [0.25, 0.3) is 0 Å². The highest BCUT2D eigenvalue weighted by Crippen LogP contribution is 2.25. The molecule has 2 heterocycles. The summed E-state index contributed by atoms with van der Waals surface area (Å²) in [5, 5.41) is 9.23. The number of piperidine rings is 1. The lowest BCUT2D eigenvalue weighted by atomic mass is 10.0. The van der Waals surface area contributed by atoms with Crippen LogP contribution in [0.2, 0.25) is 0 Å². The molecular formula is C17H19FN4O2. The van der Waals surface area contributed by atoms with Gasteiger partial charge in [-0.1, -0.05) is 6.07 Å². The highest BCUT2D eigenvalue weighted by atomic mass is 19.1. The quantitative estimate of drug-likeness (QED) is 0.904. The lowest BCUT2D eigenvalue weighted by molar-refractivity contribution is -0.121. The van der Waals surface area contributed by atoms with Crippen molar-refractivity contribution in [3.63, 3.8) is 0 Å². The molecule has 2 amide bonds. The molecule has 1 fully saturated rings. The van der Waals surface area contributed by atoms with Gasteiger partial charge in [0.25, 0.3) is 5.91 Å². The Morgan fingerprint density at radius 3 is 2.92 bits per heavy atom. The lowest BCUT2D eigenvalue weighted by Crippen LogP contribution is -2.52. The van der Waals surface area contributed by atoms with E-state index in [2.05, 4.69) is 15.5 Å². The maximum atomic E-state index is 14.1.